The molecule has 0 saturated carbocycles. The molecule has 12 heavy (non-hydrogen) atoms. The smallest absolute Gasteiger partial charge is 0.0385 e. The number of hydrogen-bond donors (Lipinski definition) is 0. The van der Waals surface area contributed by atoms with E-state index in [1.165, 1.54) is 19.3 Å². The van der Waals surface area contributed by atoms with E-state index in [2.05, 4.69) is 16.9 Å². The minimum atomic E-state index is 0.998. The molecule has 0 atom stereocenters. The molecule has 0 saturated heterocycles. The van der Waals surface area contributed by atoms with Crippen LogP contribution in [-0.2, 0) is 0 Å². The third kappa shape index (κ3) is 9.34. The third-order valence-corrected chi connectivity index (χ3v) is 1.62. The highest BCUT2D eigenvalue weighted by Gasteiger charge is 1.81. The first-order chi connectivity index (χ1) is 5.91. The molecule has 0 N–H and O–H groups in total. The molecule has 0 aliphatic carbocycles. The molecule has 0 unspecified atom stereocenters. The zero-order chi connectivity index (χ0) is 9.07. The summed E-state index contributed by atoms with van der Waals surface area (Å²) in [6, 6.07) is 0. The van der Waals surface area contributed by atoms with Crippen molar-refractivity contribution >= 4 is 12.4 Å². The van der Waals surface area contributed by atoms with Crippen LogP contribution in [0, 0.1) is 0 Å². The van der Waals surface area contributed by atoms with Gasteiger partial charge in [0.25, 0.3) is 0 Å². The van der Waals surface area contributed by atoms with Gasteiger partial charge in [-0.2, -0.15) is 0 Å². The van der Waals surface area contributed by atoms with Crippen molar-refractivity contribution in [2.75, 3.05) is 13.6 Å². The Morgan fingerprint density at radius 3 is 2.50 bits per heavy atom. The fourth-order valence-electron chi connectivity index (χ4n) is 0.861. The molecular weight excluding hydrogens is 148 g/mol. The fraction of sp³-hybridized carbons (Fsp3) is 0.800. The maximum absolute atomic E-state index is 4.29. The van der Waals surface area contributed by atoms with E-state index in [0.29, 0.717) is 0 Å². The van der Waals surface area contributed by atoms with Crippen LogP contribution in [0.25, 0.3) is 0 Å². The fourth-order valence-corrected chi connectivity index (χ4v) is 0.861. The predicted octanol–water partition coefficient (Wildman–Crippen LogP) is 2.73. The second-order valence-electron chi connectivity index (χ2n) is 2.81. The van der Waals surface area contributed by atoms with E-state index >= 15 is 0 Å². The molecule has 2 nitrogen and oxygen atoms in total. The van der Waals surface area contributed by atoms with Crippen molar-refractivity contribution in [1.82, 2.24) is 0 Å². The largest absolute Gasteiger partial charge is 0.301 e. The van der Waals surface area contributed by atoms with Crippen LogP contribution in [0.3, 0.4) is 0 Å². The summed E-state index contributed by atoms with van der Waals surface area (Å²) in [5.41, 5.74) is 0. The minimum Gasteiger partial charge on any atom is -0.301 e. The minimum absolute atomic E-state index is 0.998. The highest BCUT2D eigenvalue weighted by molar-refractivity contribution is 5.60. The Morgan fingerprint density at radius 2 is 1.83 bits per heavy atom. The van der Waals surface area contributed by atoms with Crippen LogP contribution in [0.5, 0.6) is 0 Å². The van der Waals surface area contributed by atoms with Gasteiger partial charge in [-0.15, -0.1) is 0 Å². The third-order valence-electron chi connectivity index (χ3n) is 1.62. The SMILES string of the molecule is CCCC/N=C/CCC/C=N/C. The van der Waals surface area contributed by atoms with Gasteiger partial charge in [-0.3, -0.25) is 4.99 Å². The number of aliphatic imine (C=N–C) groups is 2. The number of nitrogens with zero attached hydrogens (tertiary/aromatic N) is 2. The molecule has 2 heteroatoms. The molecular formula is C10H20N2. The summed E-state index contributed by atoms with van der Waals surface area (Å²) in [5.74, 6) is 0. The topological polar surface area (TPSA) is 24.7 Å². The van der Waals surface area contributed by atoms with Crippen LogP contribution in [0.2, 0.25) is 0 Å². The molecule has 0 amide bonds. The maximum atomic E-state index is 4.29. The molecule has 0 radical (unpaired) electrons. The van der Waals surface area contributed by atoms with E-state index < -0.39 is 0 Å². The molecule has 70 valence electrons. The molecule has 0 aromatic carbocycles. The Morgan fingerprint density at radius 1 is 1.08 bits per heavy atom. The van der Waals surface area contributed by atoms with Gasteiger partial charge in [0, 0.05) is 13.6 Å². The summed E-state index contributed by atoms with van der Waals surface area (Å²) < 4.78 is 0. The van der Waals surface area contributed by atoms with Crippen LogP contribution in [-0.4, -0.2) is 26.0 Å². The summed E-state index contributed by atoms with van der Waals surface area (Å²) >= 11 is 0. The van der Waals surface area contributed by atoms with Crippen LogP contribution in [0.4, 0.5) is 0 Å². The Balaban J connectivity index is 3.02. The molecule has 0 aromatic rings. The average molecular weight is 168 g/mol. The van der Waals surface area contributed by atoms with Gasteiger partial charge in [0.1, 0.15) is 0 Å². The highest BCUT2D eigenvalue weighted by atomic mass is 14.7. The second kappa shape index (κ2) is 10.3. The van der Waals surface area contributed by atoms with E-state index in [4.69, 9.17) is 0 Å². The first-order valence-electron chi connectivity index (χ1n) is 4.80. The quantitative estimate of drug-likeness (QED) is 0.412. The van der Waals surface area contributed by atoms with E-state index in [1.807, 2.05) is 19.5 Å². The van der Waals surface area contributed by atoms with Gasteiger partial charge >= 0.3 is 0 Å². The highest BCUT2D eigenvalue weighted by Crippen LogP contribution is 1.91. The van der Waals surface area contributed by atoms with Gasteiger partial charge < -0.3 is 4.99 Å². The zero-order valence-electron chi connectivity index (χ0n) is 8.29. The van der Waals surface area contributed by atoms with E-state index in [-0.39, 0.29) is 0 Å². The van der Waals surface area contributed by atoms with Crippen LogP contribution >= 0.6 is 0 Å². The second-order valence-corrected chi connectivity index (χ2v) is 2.81. The van der Waals surface area contributed by atoms with Gasteiger partial charge in [0.15, 0.2) is 0 Å². The molecule has 0 aliphatic heterocycles. The summed E-state index contributed by atoms with van der Waals surface area (Å²) in [7, 11) is 1.81. The monoisotopic (exact) mass is 168 g/mol. The zero-order valence-corrected chi connectivity index (χ0v) is 8.29. The molecule has 0 aliphatic rings. The Hall–Kier alpha value is -0.660. The standard InChI is InChI=1S/C10H20N2/c1-3-4-9-12-10-7-5-6-8-11-2/h8,10H,3-7,9H2,1-2H3/b11-8+,12-10+. The van der Waals surface area contributed by atoms with E-state index in [0.717, 1.165) is 19.4 Å². The lowest BCUT2D eigenvalue weighted by Gasteiger charge is -1.90. The van der Waals surface area contributed by atoms with Crippen LogP contribution in [0.15, 0.2) is 9.98 Å². The lowest BCUT2D eigenvalue weighted by Crippen LogP contribution is -1.83. The first kappa shape index (κ1) is 11.3. The molecule has 0 bridgehead atoms. The van der Waals surface area contributed by atoms with Crippen molar-refractivity contribution in [3.8, 4) is 0 Å². The summed E-state index contributed by atoms with van der Waals surface area (Å²) in [6.07, 6.45) is 9.80. The lowest BCUT2D eigenvalue weighted by molar-refractivity contribution is 0.806. The number of unbranched alkanes of at least 4 members (excludes halogenated alkanes) is 3. The van der Waals surface area contributed by atoms with Gasteiger partial charge in [-0.05, 0) is 38.1 Å². The Labute approximate surface area is 75.8 Å². The van der Waals surface area contributed by atoms with Crippen molar-refractivity contribution < 1.29 is 0 Å². The lowest BCUT2D eigenvalue weighted by atomic mass is 10.2. The molecule has 0 aromatic heterocycles. The molecule has 0 spiro atoms. The van der Waals surface area contributed by atoms with Crippen molar-refractivity contribution in [3.05, 3.63) is 0 Å². The van der Waals surface area contributed by atoms with E-state index in [9.17, 15) is 0 Å². The maximum Gasteiger partial charge on any atom is 0.0385 e. The molecule has 0 fully saturated rings. The normalized spacial score (nSPS) is 11.8. The number of rotatable bonds is 7. The van der Waals surface area contributed by atoms with Crippen molar-refractivity contribution in [3.63, 3.8) is 0 Å². The van der Waals surface area contributed by atoms with Crippen LogP contribution < -0.4 is 0 Å². The van der Waals surface area contributed by atoms with Crippen LogP contribution in [0.1, 0.15) is 39.0 Å². The van der Waals surface area contributed by atoms with Gasteiger partial charge in [0.2, 0.25) is 0 Å². The Kier molecular flexibility index (Phi) is 9.77. The molecule has 0 heterocycles. The van der Waals surface area contributed by atoms with Crippen molar-refractivity contribution in [2.24, 2.45) is 9.98 Å². The average Bonchev–Trinajstić information content (AvgIpc) is 2.10. The summed E-state index contributed by atoms with van der Waals surface area (Å²) in [6.45, 7) is 3.19. The van der Waals surface area contributed by atoms with Gasteiger partial charge in [-0.25, -0.2) is 0 Å². The van der Waals surface area contributed by atoms with Crippen molar-refractivity contribution in [1.29, 1.82) is 0 Å². The van der Waals surface area contributed by atoms with E-state index in [1.54, 1.807) is 0 Å². The Bertz CT molecular complexity index is 128. The van der Waals surface area contributed by atoms with Gasteiger partial charge in [0.05, 0.1) is 0 Å². The summed E-state index contributed by atoms with van der Waals surface area (Å²) in [4.78, 5) is 8.20. The molecule has 0 rings (SSSR count). The van der Waals surface area contributed by atoms with Crippen molar-refractivity contribution in [2.45, 2.75) is 39.0 Å². The van der Waals surface area contributed by atoms with Gasteiger partial charge in [-0.1, -0.05) is 13.3 Å². The number of hydrogen-bond acceptors (Lipinski definition) is 2. The predicted molar refractivity (Wildman–Crippen MR) is 56.5 cm³/mol. The first-order valence-corrected chi connectivity index (χ1v) is 4.80. The summed E-state index contributed by atoms with van der Waals surface area (Å²) in [5, 5.41) is 0.